The smallest absolute Gasteiger partial charge is 0.123 e. The third-order valence-electron chi connectivity index (χ3n) is 7.77. The second-order valence-corrected chi connectivity index (χ2v) is 12.6. The number of aromatic hydroxyl groups is 1. The minimum Gasteiger partial charge on any atom is -0.507 e. The Morgan fingerprint density at radius 2 is 1.58 bits per heavy atom. The number of hydrogen-bond donors (Lipinski definition) is 1. The molecule has 0 aromatic heterocycles. The molecule has 3 aliphatic rings. The fourth-order valence-electron chi connectivity index (χ4n) is 7.50. The summed E-state index contributed by atoms with van der Waals surface area (Å²) in [6, 6.07) is 15.7. The Balaban J connectivity index is 1.72. The maximum atomic E-state index is 11.3. The van der Waals surface area contributed by atoms with Crippen molar-refractivity contribution in [1.82, 2.24) is 0 Å². The van der Waals surface area contributed by atoms with Crippen molar-refractivity contribution in [3.63, 3.8) is 0 Å². The SMILES string of the molecule is CN1CSc2cc3c(O)cc4c(c3cc21)-c1ccccc1C41CC(C)(C)CC(C)(C)C1. The van der Waals surface area contributed by atoms with E-state index in [1.807, 2.05) is 11.8 Å². The molecule has 0 radical (unpaired) electrons. The van der Waals surface area contributed by atoms with Crippen LogP contribution < -0.4 is 4.90 Å². The highest BCUT2D eigenvalue weighted by atomic mass is 32.2. The molecule has 31 heavy (non-hydrogen) atoms. The van der Waals surface area contributed by atoms with Crippen molar-refractivity contribution in [3.05, 3.63) is 53.6 Å². The van der Waals surface area contributed by atoms with E-state index in [-0.39, 0.29) is 16.2 Å². The Labute approximate surface area is 189 Å². The summed E-state index contributed by atoms with van der Waals surface area (Å²) >= 11 is 1.85. The molecule has 3 aromatic rings. The van der Waals surface area contributed by atoms with E-state index in [4.69, 9.17) is 0 Å². The lowest BCUT2D eigenvalue weighted by molar-refractivity contribution is 0.0645. The van der Waals surface area contributed by atoms with Crippen molar-refractivity contribution in [2.75, 3.05) is 17.8 Å². The lowest BCUT2D eigenvalue weighted by Gasteiger charge is -2.51. The van der Waals surface area contributed by atoms with Crippen LogP contribution in [0.25, 0.3) is 21.9 Å². The lowest BCUT2D eigenvalue weighted by Crippen LogP contribution is -2.43. The second-order valence-electron chi connectivity index (χ2n) is 11.6. The van der Waals surface area contributed by atoms with Crippen LogP contribution in [0.3, 0.4) is 0 Å². The maximum absolute atomic E-state index is 11.3. The molecule has 0 saturated heterocycles. The summed E-state index contributed by atoms with van der Waals surface area (Å²) in [5.74, 6) is 1.40. The first-order valence-corrected chi connectivity index (χ1v) is 12.4. The summed E-state index contributed by atoms with van der Waals surface area (Å²) in [7, 11) is 2.16. The predicted octanol–water partition coefficient (Wildman–Crippen LogP) is 7.55. The van der Waals surface area contributed by atoms with Crippen LogP contribution in [0.15, 0.2) is 47.4 Å². The first-order chi connectivity index (χ1) is 14.6. The van der Waals surface area contributed by atoms with Crippen LogP contribution in [0.1, 0.15) is 58.1 Å². The van der Waals surface area contributed by atoms with E-state index in [9.17, 15) is 5.11 Å². The zero-order valence-electron chi connectivity index (χ0n) is 19.2. The van der Waals surface area contributed by atoms with Gasteiger partial charge in [0.05, 0.1) is 11.6 Å². The minimum absolute atomic E-state index is 0.0392. The topological polar surface area (TPSA) is 23.5 Å². The quantitative estimate of drug-likeness (QED) is 0.399. The molecule has 1 aliphatic heterocycles. The molecule has 1 fully saturated rings. The average molecular weight is 430 g/mol. The first kappa shape index (κ1) is 19.5. The van der Waals surface area contributed by atoms with Gasteiger partial charge in [0.1, 0.15) is 5.75 Å². The number of rotatable bonds is 0. The Hall–Kier alpha value is -2.13. The van der Waals surface area contributed by atoms with Crippen molar-refractivity contribution >= 4 is 28.2 Å². The van der Waals surface area contributed by atoms with Gasteiger partial charge < -0.3 is 10.0 Å². The molecule has 0 amide bonds. The molecule has 0 atom stereocenters. The highest BCUT2D eigenvalue weighted by molar-refractivity contribution is 7.99. The Bertz CT molecular complexity index is 1240. The van der Waals surface area contributed by atoms with Crippen molar-refractivity contribution in [2.24, 2.45) is 10.8 Å². The van der Waals surface area contributed by atoms with Gasteiger partial charge in [-0.2, -0.15) is 0 Å². The largest absolute Gasteiger partial charge is 0.507 e. The number of thioether (sulfide) groups is 1. The molecule has 1 saturated carbocycles. The summed E-state index contributed by atoms with van der Waals surface area (Å²) in [6.07, 6.45) is 3.48. The van der Waals surface area contributed by atoms with Gasteiger partial charge in [0, 0.05) is 22.7 Å². The number of fused-ring (bicyclic) bond motifs is 8. The third-order valence-corrected chi connectivity index (χ3v) is 8.92. The van der Waals surface area contributed by atoms with Gasteiger partial charge in [-0.25, -0.2) is 0 Å². The van der Waals surface area contributed by atoms with Crippen LogP contribution in [0.2, 0.25) is 0 Å². The van der Waals surface area contributed by atoms with Gasteiger partial charge in [-0.15, -0.1) is 11.8 Å². The van der Waals surface area contributed by atoms with Gasteiger partial charge in [0.25, 0.3) is 0 Å². The summed E-state index contributed by atoms with van der Waals surface area (Å²) in [5.41, 5.74) is 7.25. The predicted molar refractivity (Wildman–Crippen MR) is 132 cm³/mol. The molecule has 6 rings (SSSR count). The second kappa shape index (κ2) is 6.01. The standard InChI is InChI=1S/C28H31NOS/c1-26(2)13-27(3,4)15-28(14-26)20-9-7-6-8-17(20)25-19-10-22-24(31-16-29(22)5)11-18(19)23(30)12-21(25)28/h6-12,30H,13-16H2,1-5H3. The van der Waals surface area contributed by atoms with Crippen LogP contribution in [0.5, 0.6) is 5.75 Å². The molecule has 3 aromatic carbocycles. The van der Waals surface area contributed by atoms with Crippen molar-refractivity contribution in [2.45, 2.75) is 57.3 Å². The molecular weight excluding hydrogens is 398 g/mol. The molecule has 1 N–H and O–H groups in total. The number of benzene rings is 3. The maximum Gasteiger partial charge on any atom is 0.123 e. The van der Waals surface area contributed by atoms with Gasteiger partial charge in [-0.1, -0.05) is 52.0 Å². The zero-order valence-corrected chi connectivity index (χ0v) is 20.0. The van der Waals surface area contributed by atoms with E-state index in [2.05, 4.69) is 82.1 Å². The van der Waals surface area contributed by atoms with Crippen LogP contribution in [0, 0.1) is 10.8 Å². The molecule has 0 bridgehead atoms. The number of phenols is 1. The fraction of sp³-hybridized carbons (Fsp3) is 0.429. The summed E-state index contributed by atoms with van der Waals surface area (Å²) in [4.78, 5) is 3.59. The monoisotopic (exact) mass is 429 g/mol. The number of hydrogen-bond acceptors (Lipinski definition) is 3. The molecule has 1 heterocycles. The minimum atomic E-state index is -0.0392. The van der Waals surface area contributed by atoms with Gasteiger partial charge in [-0.05, 0) is 75.9 Å². The normalized spacial score (nSPS) is 21.9. The summed E-state index contributed by atoms with van der Waals surface area (Å²) < 4.78 is 0. The van der Waals surface area contributed by atoms with E-state index in [1.165, 1.54) is 44.6 Å². The van der Waals surface area contributed by atoms with E-state index < -0.39 is 0 Å². The van der Waals surface area contributed by atoms with E-state index in [1.54, 1.807) is 0 Å². The van der Waals surface area contributed by atoms with Gasteiger partial charge >= 0.3 is 0 Å². The van der Waals surface area contributed by atoms with Crippen molar-refractivity contribution in [1.29, 1.82) is 0 Å². The summed E-state index contributed by atoms with van der Waals surface area (Å²) in [6.45, 7) is 9.71. The average Bonchev–Trinajstić information content (AvgIpc) is 3.15. The van der Waals surface area contributed by atoms with Gasteiger partial charge in [-0.3, -0.25) is 0 Å². The lowest BCUT2D eigenvalue weighted by atomic mass is 9.52. The van der Waals surface area contributed by atoms with E-state index >= 15 is 0 Å². The Morgan fingerprint density at radius 3 is 2.32 bits per heavy atom. The molecule has 2 nitrogen and oxygen atoms in total. The molecule has 1 spiro atoms. The molecule has 3 heteroatoms. The molecular formula is C28H31NOS. The summed E-state index contributed by atoms with van der Waals surface area (Å²) in [5, 5.41) is 13.5. The van der Waals surface area contributed by atoms with Crippen LogP contribution >= 0.6 is 11.8 Å². The van der Waals surface area contributed by atoms with Crippen LogP contribution in [-0.2, 0) is 5.41 Å². The van der Waals surface area contributed by atoms with E-state index in [0.29, 0.717) is 5.75 Å². The van der Waals surface area contributed by atoms with Gasteiger partial charge in [0.15, 0.2) is 0 Å². The molecule has 160 valence electrons. The highest BCUT2D eigenvalue weighted by Gasteiger charge is 2.53. The number of phenolic OH excluding ortho intramolecular Hbond substituents is 1. The Kier molecular flexibility index (Phi) is 3.79. The zero-order chi connectivity index (χ0) is 21.8. The van der Waals surface area contributed by atoms with Crippen LogP contribution in [0.4, 0.5) is 5.69 Å². The molecule has 0 unspecified atom stereocenters. The van der Waals surface area contributed by atoms with Crippen molar-refractivity contribution < 1.29 is 5.11 Å². The fourth-order valence-corrected chi connectivity index (χ4v) is 8.53. The highest BCUT2D eigenvalue weighted by Crippen LogP contribution is 2.65. The third kappa shape index (κ3) is 2.65. The van der Waals surface area contributed by atoms with Crippen molar-refractivity contribution in [3.8, 4) is 16.9 Å². The number of anilines is 1. The van der Waals surface area contributed by atoms with E-state index in [0.717, 1.165) is 24.1 Å². The molecule has 2 aliphatic carbocycles. The first-order valence-electron chi connectivity index (χ1n) is 11.4. The number of nitrogens with zero attached hydrogens (tertiary/aromatic N) is 1. The Morgan fingerprint density at radius 1 is 0.871 bits per heavy atom. The van der Waals surface area contributed by atoms with Gasteiger partial charge in [0.2, 0.25) is 0 Å². The van der Waals surface area contributed by atoms with Crippen LogP contribution in [-0.4, -0.2) is 18.0 Å².